The molecule has 0 radical (unpaired) electrons. The SMILES string of the molecule is CCNc1nccc(C(=O)N(C)Cc2cn[nH]c2)c1F. The van der Waals surface area contributed by atoms with Crippen molar-refractivity contribution in [1.29, 1.82) is 0 Å². The number of aromatic amines is 1. The normalized spacial score (nSPS) is 10.3. The summed E-state index contributed by atoms with van der Waals surface area (Å²) in [4.78, 5) is 17.6. The van der Waals surface area contributed by atoms with Gasteiger partial charge in [-0.2, -0.15) is 5.10 Å². The van der Waals surface area contributed by atoms with E-state index in [-0.39, 0.29) is 11.4 Å². The lowest BCUT2D eigenvalue weighted by Crippen LogP contribution is -2.27. The first-order valence-corrected chi connectivity index (χ1v) is 6.25. The second kappa shape index (κ2) is 6.14. The standard InChI is InChI=1S/C13H16FN5O/c1-3-15-12-11(14)10(4-5-16-12)13(20)19(2)8-9-6-17-18-7-9/h4-7H,3,8H2,1-2H3,(H,15,16)(H,17,18). The minimum absolute atomic E-state index is 0.00180. The molecule has 2 N–H and O–H groups in total. The van der Waals surface area contributed by atoms with E-state index in [9.17, 15) is 9.18 Å². The van der Waals surface area contributed by atoms with Crippen LogP contribution in [-0.4, -0.2) is 39.6 Å². The number of aromatic nitrogens is 3. The van der Waals surface area contributed by atoms with Gasteiger partial charge in [-0.3, -0.25) is 9.89 Å². The van der Waals surface area contributed by atoms with Crippen molar-refractivity contribution in [3.05, 3.63) is 41.6 Å². The molecule has 0 spiro atoms. The van der Waals surface area contributed by atoms with Gasteiger partial charge in [0.1, 0.15) is 0 Å². The van der Waals surface area contributed by atoms with Gasteiger partial charge >= 0.3 is 0 Å². The number of H-pyrrole nitrogens is 1. The molecule has 0 aliphatic carbocycles. The van der Waals surface area contributed by atoms with Crippen molar-refractivity contribution < 1.29 is 9.18 Å². The summed E-state index contributed by atoms with van der Waals surface area (Å²) < 4.78 is 14.2. The van der Waals surface area contributed by atoms with E-state index < -0.39 is 11.7 Å². The van der Waals surface area contributed by atoms with Crippen LogP contribution in [0.5, 0.6) is 0 Å². The Morgan fingerprint density at radius 3 is 3.00 bits per heavy atom. The number of nitrogens with one attached hydrogen (secondary N) is 2. The topological polar surface area (TPSA) is 73.9 Å². The average Bonchev–Trinajstić information content (AvgIpc) is 2.93. The molecule has 106 valence electrons. The second-order valence-corrected chi connectivity index (χ2v) is 4.32. The molecule has 0 saturated heterocycles. The molecule has 0 aliphatic heterocycles. The lowest BCUT2D eigenvalue weighted by Gasteiger charge is -2.17. The van der Waals surface area contributed by atoms with Gasteiger partial charge in [-0.25, -0.2) is 9.37 Å². The molecule has 0 fully saturated rings. The maximum absolute atomic E-state index is 14.2. The Hall–Kier alpha value is -2.44. The molecule has 0 aromatic carbocycles. The third kappa shape index (κ3) is 2.93. The van der Waals surface area contributed by atoms with Crippen molar-refractivity contribution in [2.75, 3.05) is 18.9 Å². The molecular weight excluding hydrogens is 261 g/mol. The van der Waals surface area contributed by atoms with Gasteiger partial charge in [0.2, 0.25) is 0 Å². The highest BCUT2D eigenvalue weighted by Crippen LogP contribution is 2.17. The fourth-order valence-electron chi connectivity index (χ4n) is 1.81. The number of hydrogen-bond donors (Lipinski definition) is 2. The van der Waals surface area contributed by atoms with Crippen LogP contribution in [0.2, 0.25) is 0 Å². The number of carbonyl (C=O) groups is 1. The lowest BCUT2D eigenvalue weighted by molar-refractivity contribution is 0.0780. The minimum Gasteiger partial charge on any atom is -0.368 e. The van der Waals surface area contributed by atoms with Gasteiger partial charge in [-0.05, 0) is 13.0 Å². The maximum Gasteiger partial charge on any atom is 0.257 e. The molecule has 0 bridgehead atoms. The number of anilines is 1. The highest BCUT2D eigenvalue weighted by Gasteiger charge is 2.19. The summed E-state index contributed by atoms with van der Waals surface area (Å²) in [6, 6.07) is 1.38. The number of carbonyl (C=O) groups excluding carboxylic acids is 1. The highest BCUT2D eigenvalue weighted by atomic mass is 19.1. The van der Waals surface area contributed by atoms with Crippen LogP contribution in [0.25, 0.3) is 0 Å². The molecule has 2 aromatic rings. The Balaban J connectivity index is 2.18. The van der Waals surface area contributed by atoms with Crippen LogP contribution in [-0.2, 0) is 6.54 Å². The number of rotatable bonds is 5. The zero-order valence-electron chi connectivity index (χ0n) is 11.4. The molecule has 20 heavy (non-hydrogen) atoms. The third-order valence-electron chi connectivity index (χ3n) is 2.79. The van der Waals surface area contributed by atoms with E-state index in [2.05, 4.69) is 20.5 Å². The Morgan fingerprint density at radius 2 is 2.35 bits per heavy atom. The van der Waals surface area contributed by atoms with Crippen molar-refractivity contribution in [2.45, 2.75) is 13.5 Å². The van der Waals surface area contributed by atoms with Crippen LogP contribution < -0.4 is 5.32 Å². The molecule has 6 nitrogen and oxygen atoms in total. The third-order valence-corrected chi connectivity index (χ3v) is 2.79. The first-order valence-electron chi connectivity index (χ1n) is 6.25. The lowest BCUT2D eigenvalue weighted by atomic mass is 10.2. The molecule has 1 amide bonds. The number of amides is 1. The Bertz CT molecular complexity index is 584. The summed E-state index contributed by atoms with van der Waals surface area (Å²) >= 11 is 0. The van der Waals surface area contributed by atoms with E-state index in [1.807, 2.05) is 6.92 Å². The van der Waals surface area contributed by atoms with Crippen molar-refractivity contribution in [2.24, 2.45) is 0 Å². The molecule has 2 heterocycles. The molecule has 0 unspecified atom stereocenters. The predicted octanol–water partition coefficient (Wildman–Crippen LogP) is 1.65. The van der Waals surface area contributed by atoms with E-state index >= 15 is 0 Å². The Morgan fingerprint density at radius 1 is 1.55 bits per heavy atom. The van der Waals surface area contributed by atoms with Crippen molar-refractivity contribution in [1.82, 2.24) is 20.1 Å². The van der Waals surface area contributed by atoms with Crippen LogP contribution in [0.3, 0.4) is 0 Å². The molecular formula is C13H16FN5O. The van der Waals surface area contributed by atoms with Gasteiger partial charge in [-0.1, -0.05) is 0 Å². The van der Waals surface area contributed by atoms with Gasteiger partial charge in [0, 0.05) is 38.1 Å². The predicted molar refractivity (Wildman–Crippen MR) is 72.7 cm³/mol. The van der Waals surface area contributed by atoms with Gasteiger partial charge in [-0.15, -0.1) is 0 Å². The average molecular weight is 277 g/mol. The smallest absolute Gasteiger partial charge is 0.257 e. The first kappa shape index (κ1) is 14.0. The van der Waals surface area contributed by atoms with Crippen LogP contribution in [0, 0.1) is 5.82 Å². The Kier molecular flexibility index (Phi) is 4.29. The molecule has 0 aliphatic rings. The largest absolute Gasteiger partial charge is 0.368 e. The zero-order chi connectivity index (χ0) is 14.5. The number of pyridine rings is 1. The maximum atomic E-state index is 14.2. The van der Waals surface area contributed by atoms with E-state index in [1.54, 1.807) is 19.4 Å². The molecule has 2 aromatic heterocycles. The number of nitrogens with zero attached hydrogens (tertiary/aromatic N) is 3. The van der Waals surface area contributed by atoms with E-state index in [1.165, 1.54) is 17.2 Å². The first-order chi connectivity index (χ1) is 9.63. The highest BCUT2D eigenvalue weighted by molar-refractivity contribution is 5.95. The van der Waals surface area contributed by atoms with Crippen LogP contribution in [0.15, 0.2) is 24.7 Å². The fourth-order valence-corrected chi connectivity index (χ4v) is 1.81. The second-order valence-electron chi connectivity index (χ2n) is 4.32. The summed E-state index contributed by atoms with van der Waals surface area (Å²) in [6.07, 6.45) is 4.73. The molecule has 2 rings (SSSR count). The summed E-state index contributed by atoms with van der Waals surface area (Å²) in [6.45, 7) is 2.72. The van der Waals surface area contributed by atoms with Gasteiger partial charge in [0.15, 0.2) is 11.6 Å². The summed E-state index contributed by atoms with van der Waals surface area (Å²) in [7, 11) is 1.61. The number of hydrogen-bond acceptors (Lipinski definition) is 4. The van der Waals surface area contributed by atoms with Crippen LogP contribution >= 0.6 is 0 Å². The van der Waals surface area contributed by atoms with E-state index in [0.717, 1.165) is 5.56 Å². The van der Waals surface area contributed by atoms with Gasteiger partial charge in [0.25, 0.3) is 5.91 Å². The van der Waals surface area contributed by atoms with Crippen LogP contribution in [0.1, 0.15) is 22.8 Å². The number of halogens is 1. The summed E-state index contributed by atoms with van der Waals surface area (Å²) in [5.74, 6) is -0.932. The zero-order valence-corrected chi connectivity index (χ0v) is 11.4. The van der Waals surface area contributed by atoms with E-state index in [4.69, 9.17) is 0 Å². The Labute approximate surface area is 116 Å². The van der Waals surface area contributed by atoms with Gasteiger partial charge < -0.3 is 10.2 Å². The minimum atomic E-state index is -0.626. The molecule has 0 atom stereocenters. The quantitative estimate of drug-likeness (QED) is 0.871. The van der Waals surface area contributed by atoms with E-state index in [0.29, 0.717) is 13.1 Å². The van der Waals surface area contributed by atoms with Gasteiger partial charge in [0.05, 0.1) is 11.8 Å². The molecule has 0 saturated carbocycles. The monoisotopic (exact) mass is 277 g/mol. The summed E-state index contributed by atoms with van der Waals surface area (Å²) in [5.41, 5.74) is 0.851. The summed E-state index contributed by atoms with van der Waals surface area (Å²) in [5, 5.41) is 9.26. The van der Waals surface area contributed by atoms with Crippen molar-refractivity contribution >= 4 is 11.7 Å². The van der Waals surface area contributed by atoms with Crippen molar-refractivity contribution in [3.8, 4) is 0 Å². The fraction of sp³-hybridized carbons (Fsp3) is 0.308. The van der Waals surface area contributed by atoms with Crippen LogP contribution in [0.4, 0.5) is 10.2 Å². The molecule has 7 heteroatoms. The van der Waals surface area contributed by atoms with Crippen molar-refractivity contribution in [3.63, 3.8) is 0 Å².